The summed E-state index contributed by atoms with van der Waals surface area (Å²) >= 11 is 0. The van der Waals surface area contributed by atoms with Gasteiger partial charge >= 0.3 is 5.97 Å². The molecule has 7 heteroatoms. The summed E-state index contributed by atoms with van der Waals surface area (Å²) in [4.78, 5) is 24.4. The minimum atomic E-state index is -0.518. The number of aromatic amines is 2. The molecule has 0 amide bonds. The molecule has 0 spiro atoms. The molecule has 0 saturated carbocycles. The molecule has 140 valence electrons. The first kappa shape index (κ1) is 17.2. The van der Waals surface area contributed by atoms with Gasteiger partial charge in [-0.25, -0.2) is 0 Å². The van der Waals surface area contributed by atoms with Crippen LogP contribution in [0.4, 0.5) is 0 Å². The van der Waals surface area contributed by atoms with Gasteiger partial charge in [0, 0.05) is 18.5 Å². The lowest BCUT2D eigenvalue weighted by molar-refractivity contribution is -0.140. The van der Waals surface area contributed by atoms with Crippen LogP contribution in [-0.4, -0.2) is 29.9 Å². The van der Waals surface area contributed by atoms with E-state index in [1.54, 1.807) is 12.1 Å². The summed E-state index contributed by atoms with van der Waals surface area (Å²) < 4.78 is 15.8. The van der Waals surface area contributed by atoms with E-state index in [-0.39, 0.29) is 12.0 Å². The van der Waals surface area contributed by atoms with Crippen molar-refractivity contribution in [2.24, 2.45) is 0 Å². The van der Waals surface area contributed by atoms with Crippen molar-refractivity contribution < 1.29 is 18.7 Å². The Bertz CT molecular complexity index is 1000. The molecular weight excluding hydrogens is 348 g/mol. The molecule has 1 aliphatic heterocycles. The van der Waals surface area contributed by atoms with Crippen LogP contribution in [0.1, 0.15) is 40.5 Å². The lowest BCUT2D eigenvalue weighted by Crippen LogP contribution is -2.17. The quantitative estimate of drug-likeness (QED) is 0.652. The monoisotopic (exact) mass is 368 g/mol. The summed E-state index contributed by atoms with van der Waals surface area (Å²) in [6.07, 6.45) is 2.97. The van der Waals surface area contributed by atoms with Crippen molar-refractivity contribution in [1.29, 1.82) is 0 Å². The fraction of sp³-hybridized carbons (Fsp3) is 0.300. The topological polar surface area (TPSA) is 97.3 Å². The molecule has 27 heavy (non-hydrogen) atoms. The number of fused-ring (bicyclic) bond motifs is 1. The van der Waals surface area contributed by atoms with E-state index >= 15 is 0 Å². The maximum absolute atomic E-state index is 12.5. The van der Waals surface area contributed by atoms with Crippen molar-refractivity contribution in [3.63, 3.8) is 0 Å². The number of rotatable bonds is 6. The molecule has 0 saturated heterocycles. The molecule has 0 bridgehead atoms. The number of carbonyl (C=O) groups is 1. The Kier molecular flexibility index (Phi) is 4.58. The molecular formula is C20H20N2O5. The van der Waals surface area contributed by atoms with Crippen molar-refractivity contribution in [1.82, 2.24) is 10.2 Å². The summed E-state index contributed by atoms with van der Waals surface area (Å²) in [5, 5.41) is 5.61. The van der Waals surface area contributed by atoms with Crippen LogP contribution in [0.5, 0.6) is 5.75 Å². The van der Waals surface area contributed by atoms with Gasteiger partial charge in [0.1, 0.15) is 11.5 Å². The summed E-state index contributed by atoms with van der Waals surface area (Å²) in [7, 11) is 1.33. The van der Waals surface area contributed by atoms with Crippen LogP contribution >= 0.6 is 0 Å². The second-order valence-corrected chi connectivity index (χ2v) is 6.54. The van der Waals surface area contributed by atoms with Crippen molar-refractivity contribution in [3.8, 4) is 5.75 Å². The summed E-state index contributed by atoms with van der Waals surface area (Å²) in [6, 6.07) is 9.54. The lowest BCUT2D eigenvalue weighted by Gasteiger charge is -2.13. The number of carbonyl (C=O) groups excluding carboxylic acids is 1. The molecule has 2 aromatic heterocycles. The zero-order valence-electron chi connectivity index (χ0n) is 14.9. The first-order valence-corrected chi connectivity index (χ1v) is 8.80. The fourth-order valence-corrected chi connectivity index (χ4v) is 3.55. The number of aromatic nitrogens is 2. The standard InChI is InChI=1S/C20H20N2O5/c1-25-18(23)11-14(17-3-2-7-26-17)19-15(21-22-20(19)24)10-12-4-5-16-13(9-12)6-8-27-16/h2-5,7,9,14H,6,8,10-11H2,1H3,(H2,21,22,24). The number of H-pyrrole nitrogens is 2. The van der Waals surface area contributed by atoms with E-state index < -0.39 is 11.9 Å². The molecule has 2 N–H and O–H groups in total. The van der Waals surface area contributed by atoms with Gasteiger partial charge < -0.3 is 19.0 Å². The third-order valence-corrected chi connectivity index (χ3v) is 4.86. The van der Waals surface area contributed by atoms with Crippen molar-refractivity contribution in [2.45, 2.75) is 25.2 Å². The number of hydrogen-bond donors (Lipinski definition) is 2. The Balaban J connectivity index is 1.69. The Labute approximate surface area is 155 Å². The van der Waals surface area contributed by atoms with Gasteiger partial charge in [-0.1, -0.05) is 12.1 Å². The molecule has 0 fully saturated rings. The zero-order chi connectivity index (χ0) is 18.8. The second-order valence-electron chi connectivity index (χ2n) is 6.54. The summed E-state index contributed by atoms with van der Waals surface area (Å²) in [5.74, 6) is 0.544. The maximum atomic E-state index is 12.5. The summed E-state index contributed by atoms with van der Waals surface area (Å²) in [5.41, 5.74) is 3.19. The Hall–Kier alpha value is -3.22. The Morgan fingerprint density at radius 3 is 2.96 bits per heavy atom. The first-order chi connectivity index (χ1) is 13.2. The minimum Gasteiger partial charge on any atom is -0.493 e. The van der Waals surface area contributed by atoms with Gasteiger partial charge in [-0.3, -0.25) is 14.7 Å². The molecule has 1 unspecified atom stereocenters. The van der Waals surface area contributed by atoms with Crippen molar-refractivity contribution in [2.75, 3.05) is 13.7 Å². The number of hydrogen-bond acceptors (Lipinski definition) is 5. The molecule has 7 nitrogen and oxygen atoms in total. The number of ether oxygens (including phenoxy) is 2. The van der Waals surface area contributed by atoms with E-state index in [9.17, 15) is 9.59 Å². The fourth-order valence-electron chi connectivity index (χ4n) is 3.55. The van der Waals surface area contributed by atoms with Crippen LogP contribution in [0.25, 0.3) is 0 Å². The normalized spacial score (nSPS) is 13.8. The number of furan rings is 1. The smallest absolute Gasteiger partial charge is 0.306 e. The Morgan fingerprint density at radius 1 is 1.30 bits per heavy atom. The molecule has 3 aromatic rings. The predicted octanol–water partition coefficient (Wildman–Crippen LogP) is 2.52. The van der Waals surface area contributed by atoms with E-state index in [0.29, 0.717) is 24.4 Å². The average Bonchev–Trinajstić information content (AvgIpc) is 3.41. The highest BCUT2D eigenvalue weighted by molar-refractivity contribution is 5.71. The van der Waals surface area contributed by atoms with Gasteiger partial charge in [-0.2, -0.15) is 0 Å². The summed E-state index contributed by atoms with van der Waals surface area (Å²) in [6.45, 7) is 0.699. The molecule has 0 aliphatic carbocycles. The first-order valence-electron chi connectivity index (χ1n) is 8.80. The third kappa shape index (κ3) is 3.40. The highest BCUT2D eigenvalue weighted by Gasteiger charge is 2.28. The van der Waals surface area contributed by atoms with Crippen LogP contribution in [0.2, 0.25) is 0 Å². The molecule has 1 aromatic carbocycles. The molecule has 1 aliphatic rings. The van der Waals surface area contributed by atoms with Gasteiger partial charge in [-0.15, -0.1) is 0 Å². The maximum Gasteiger partial charge on any atom is 0.306 e. The van der Waals surface area contributed by atoms with Gasteiger partial charge in [-0.05, 0) is 29.3 Å². The number of benzene rings is 1. The third-order valence-electron chi connectivity index (χ3n) is 4.86. The van der Waals surface area contributed by atoms with Crippen LogP contribution in [0.15, 0.2) is 45.8 Å². The van der Waals surface area contributed by atoms with Gasteiger partial charge in [0.15, 0.2) is 0 Å². The second kappa shape index (κ2) is 7.19. The van der Waals surface area contributed by atoms with E-state index in [4.69, 9.17) is 13.9 Å². The van der Waals surface area contributed by atoms with Crippen LogP contribution in [0, 0.1) is 0 Å². The lowest BCUT2D eigenvalue weighted by atomic mass is 9.91. The minimum absolute atomic E-state index is 0.0238. The van der Waals surface area contributed by atoms with Gasteiger partial charge in [0.05, 0.1) is 37.9 Å². The SMILES string of the molecule is COC(=O)CC(c1ccco1)c1c(Cc2ccc3c(c2)CCO3)[nH][nH]c1=O. The largest absolute Gasteiger partial charge is 0.493 e. The van der Waals surface area contributed by atoms with Gasteiger partial charge in [0.25, 0.3) is 5.56 Å². The molecule has 4 rings (SSSR count). The highest BCUT2D eigenvalue weighted by Crippen LogP contribution is 2.31. The molecule has 1 atom stereocenters. The number of esters is 1. The number of nitrogens with one attached hydrogen (secondary N) is 2. The van der Waals surface area contributed by atoms with Crippen LogP contribution < -0.4 is 10.3 Å². The van der Waals surface area contributed by atoms with E-state index in [0.717, 1.165) is 23.4 Å². The predicted molar refractivity (Wildman–Crippen MR) is 97.0 cm³/mol. The van der Waals surface area contributed by atoms with Gasteiger partial charge in [0.2, 0.25) is 0 Å². The average molecular weight is 368 g/mol. The van der Waals surface area contributed by atoms with Crippen molar-refractivity contribution in [3.05, 3.63) is 75.1 Å². The Morgan fingerprint density at radius 2 is 2.19 bits per heavy atom. The van der Waals surface area contributed by atoms with E-state index in [2.05, 4.69) is 16.3 Å². The highest BCUT2D eigenvalue weighted by atomic mass is 16.5. The molecule has 0 radical (unpaired) electrons. The van der Waals surface area contributed by atoms with E-state index in [1.165, 1.54) is 18.9 Å². The van der Waals surface area contributed by atoms with Crippen LogP contribution in [0.3, 0.4) is 0 Å². The number of methoxy groups -OCH3 is 1. The zero-order valence-corrected chi connectivity index (χ0v) is 14.9. The van der Waals surface area contributed by atoms with E-state index in [1.807, 2.05) is 12.1 Å². The van der Waals surface area contributed by atoms with Crippen molar-refractivity contribution >= 4 is 5.97 Å². The van der Waals surface area contributed by atoms with Crippen LogP contribution in [-0.2, 0) is 22.4 Å². The molecule has 3 heterocycles.